The summed E-state index contributed by atoms with van der Waals surface area (Å²) in [5.74, 6) is 0.203. The Morgan fingerprint density at radius 3 is 1.31 bits per heavy atom. The van der Waals surface area contributed by atoms with Crippen molar-refractivity contribution in [2.75, 3.05) is 130 Å². The largest absolute Gasteiger partial charge is 0.417 e. The molecule has 90 heavy (non-hydrogen) atoms. The quantitative estimate of drug-likeness (QED) is 0.0803. The minimum atomic E-state index is -4.71. The van der Waals surface area contributed by atoms with Gasteiger partial charge >= 0.3 is 18.5 Å². The molecule has 3 saturated carbocycles. The minimum Gasteiger partial charge on any atom is -0.399 e. The van der Waals surface area contributed by atoms with Crippen molar-refractivity contribution in [1.29, 1.82) is 0 Å². The fourth-order valence-corrected chi connectivity index (χ4v) is 15.0. The van der Waals surface area contributed by atoms with Gasteiger partial charge in [0, 0.05) is 98.9 Å². The van der Waals surface area contributed by atoms with Crippen LogP contribution < -0.4 is 31.9 Å². The Morgan fingerprint density at radius 1 is 0.444 bits per heavy atom. The van der Waals surface area contributed by atoms with Crippen molar-refractivity contribution in [3.05, 3.63) is 101 Å². The number of nitrogens with two attached hydrogens (primary N) is 3. The SMILES string of the molecule is CS(=O)(=O)C1(c2cc(-c3ccc(N)cc3C(F)(F)F)nc(N3CCOCC3)n2)CC1.CS(=O)(=O)C1(c2cc(-c3cnc(N)cc3C(F)(F)F)nc(N3CCOCC3)c2)CC1.CS(=O)(=O)C1(c2cc(N3CCOCC3)nc(-c3cnc(N)cc3C(F)(F)F)n2)CC1. The van der Waals surface area contributed by atoms with Gasteiger partial charge in [-0.1, -0.05) is 6.07 Å². The molecule has 0 radical (unpaired) electrons. The standard InChI is InChI=1S/2C19H21F3N4O3S.C18H20F3N5O3S/c1-30(27,28)18(2-3-18)12-8-15(25-17(9-12)26-4-6-29-7-5-26)13-11-24-16(23)10-14(13)19(20,21)22;1-30(27,28)18(4-5-18)16-11-15(24-17(25-16)26-6-8-29-9-7-26)13-3-2-12(23)10-14(13)19(20,21)22;1-30(27,28)17(2-3-17)13-9-15(26-4-6-29-7-5-26)25-16(24-13)11-10-23-14(22)8-12(11)18(19,20)21/h8-11H,2-7H2,1H3,(H2,23,24);2-3,10-11H,4-9,23H2,1H3;8-10H,2-7H2,1H3,(H2,22,23). The lowest BCUT2D eigenvalue weighted by Crippen LogP contribution is -2.38. The van der Waals surface area contributed by atoms with Gasteiger partial charge in [-0.2, -0.15) is 39.5 Å². The van der Waals surface area contributed by atoms with Crippen molar-refractivity contribution in [2.45, 2.75) is 71.3 Å². The number of sulfone groups is 3. The van der Waals surface area contributed by atoms with Crippen molar-refractivity contribution < 1.29 is 79.0 Å². The first-order valence-electron chi connectivity index (χ1n) is 28.1. The maximum Gasteiger partial charge on any atom is 0.417 e. The van der Waals surface area contributed by atoms with Crippen molar-refractivity contribution in [3.8, 4) is 33.9 Å². The third-order valence-corrected chi connectivity index (χ3v) is 22.6. The van der Waals surface area contributed by atoms with Gasteiger partial charge < -0.3 is 46.1 Å². The number of anilines is 6. The molecule has 6 aromatic rings. The van der Waals surface area contributed by atoms with Crippen LogP contribution >= 0.6 is 0 Å². The van der Waals surface area contributed by atoms with E-state index in [-0.39, 0.29) is 68.6 Å². The molecule has 6 fully saturated rings. The molecule has 3 aliphatic heterocycles. The average Bonchev–Trinajstić information content (AvgIpc) is 1.56. The smallest absolute Gasteiger partial charge is 0.399 e. The van der Waals surface area contributed by atoms with Crippen LogP contribution in [0.25, 0.3) is 33.9 Å². The molecule has 3 saturated heterocycles. The second-order valence-electron chi connectivity index (χ2n) is 22.7. The summed E-state index contributed by atoms with van der Waals surface area (Å²) in [6, 6.07) is 11.0. The number of nitrogen functional groups attached to an aromatic ring is 3. The Bertz CT molecular complexity index is 3650. The lowest BCUT2D eigenvalue weighted by atomic mass is 10.0. The zero-order valence-corrected chi connectivity index (χ0v) is 51.0. The highest BCUT2D eigenvalue weighted by Crippen LogP contribution is 2.56. The molecule has 22 nitrogen and oxygen atoms in total. The summed E-state index contributed by atoms with van der Waals surface area (Å²) in [5, 5.41) is 0. The molecule has 12 rings (SSSR count). The number of nitrogens with zero attached hydrogens (tertiary/aromatic N) is 10. The Morgan fingerprint density at radius 2 is 0.856 bits per heavy atom. The predicted octanol–water partition coefficient (Wildman–Crippen LogP) is 7.24. The number of morpholine rings is 3. The molecule has 0 atom stereocenters. The lowest BCUT2D eigenvalue weighted by molar-refractivity contribution is -0.137. The zero-order valence-electron chi connectivity index (χ0n) is 48.6. The maximum atomic E-state index is 13.7. The third kappa shape index (κ3) is 13.7. The molecule has 6 N–H and O–H groups in total. The molecule has 3 aliphatic carbocycles. The first-order chi connectivity index (χ1) is 42.0. The normalized spacial score (nSPS) is 19.0. The number of hydrogen-bond donors (Lipinski definition) is 3. The highest BCUT2D eigenvalue weighted by atomic mass is 32.2. The molecule has 8 heterocycles. The Kier molecular flexibility index (Phi) is 17.6. The minimum absolute atomic E-state index is 0.0174. The van der Waals surface area contributed by atoms with Crippen LogP contribution in [0, 0.1) is 0 Å². The van der Waals surface area contributed by atoms with E-state index in [1.807, 2.05) is 9.80 Å². The van der Waals surface area contributed by atoms with Crippen LogP contribution in [0.5, 0.6) is 0 Å². The van der Waals surface area contributed by atoms with Crippen LogP contribution in [0.1, 0.15) is 72.2 Å². The van der Waals surface area contributed by atoms with Crippen molar-refractivity contribution >= 4 is 64.4 Å². The second-order valence-corrected chi connectivity index (χ2v) is 29.7. The van der Waals surface area contributed by atoms with Crippen LogP contribution in [0.15, 0.2) is 67.0 Å². The number of rotatable bonds is 12. The maximum absolute atomic E-state index is 13.7. The van der Waals surface area contributed by atoms with E-state index >= 15 is 0 Å². The number of halogens is 9. The summed E-state index contributed by atoms with van der Waals surface area (Å²) in [5.41, 5.74) is 13.7. The molecule has 34 heteroatoms. The summed E-state index contributed by atoms with van der Waals surface area (Å²) in [4.78, 5) is 35.0. The predicted molar refractivity (Wildman–Crippen MR) is 315 cm³/mol. The molecule has 5 aromatic heterocycles. The van der Waals surface area contributed by atoms with Crippen LogP contribution in [-0.4, -0.2) is 158 Å². The van der Waals surface area contributed by atoms with E-state index in [4.69, 9.17) is 31.4 Å². The lowest BCUT2D eigenvalue weighted by Gasteiger charge is -2.29. The van der Waals surface area contributed by atoms with Crippen LogP contribution in [0.4, 0.5) is 74.4 Å². The van der Waals surface area contributed by atoms with Crippen molar-refractivity contribution in [2.24, 2.45) is 0 Å². The van der Waals surface area contributed by atoms with E-state index < -0.39 is 79.0 Å². The van der Waals surface area contributed by atoms with Crippen molar-refractivity contribution in [1.82, 2.24) is 34.9 Å². The van der Waals surface area contributed by atoms with Crippen molar-refractivity contribution in [3.63, 3.8) is 0 Å². The Hall–Kier alpha value is -7.27. The number of ether oxygens (including phenoxy) is 3. The highest BCUT2D eigenvalue weighted by molar-refractivity contribution is 7.92. The molecule has 1 aromatic carbocycles. The van der Waals surface area contributed by atoms with E-state index in [0.29, 0.717) is 135 Å². The number of pyridine rings is 3. The van der Waals surface area contributed by atoms with Gasteiger partial charge in [-0.05, 0) is 86.6 Å². The summed E-state index contributed by atoms with van der Waals surface area (Å²) in [6.07, 6.45) is -6.32. The van der Waals surface area contributed by atoms with Gasteiger partial charge in [-0.25, -0.2) is 60.1 Å². The number of aromatic nitrogens is 7. The van der Waals surface area contributed by atoms with Gasteiger partial charge in [0.25, 0.3) is 0 Å². The van der Waals surface area contributed by atoms with Crippen LogP contribution in [-0.2, 0) is 76.5 Å². The number of alkyl halides is 9. The van der Waals surface area contributed by atoms with Crippen LogP contribution in [0.2, 0.25) is 0 Å². The summed E-state index contributed by atoms with van der Waals surface area (Å²) in [6.45, 7) is 5.53. The Balaban J connectivity index is 0.000000148. The summed E-state index contributed by atoms with van der Waals surface area (Å²) in [7, 11) is -10.5. The number of hydrogen-bond acceptors (Lipinski definition) is 22. The van der Waals surface area contributed by atoms with E-state index in [9.17, 15) is 64.8 Å². The van der Waals surface area contributed by atoms with Gasteiger partial charge in [-0.3, -0.25) is 0 Å². The van der Waals surface area contributed by atoms with Gasteiger partial charge in [0.1, 0.15) is 32.8 Å². The van der Waals surface area contributed by atoms with Crippen LogP contribution in [0.3, 0.4) is 0 Å². The zero-order chi connectivity index (χ0) is 65.2. The van der Waals surface area contributed by atoms with E-state index in [0.717, 1.165) is 49.4 Å². The summed E-state index contributed by atoms with van der Waals surface area (Å²) < 4.78 is 210. The number of benzene rings is 1. The molecule has 0 bridgehead atoms. The molecule has 486 valence electrons. The van der Waals surface area contributed by atoms with Gasteiger partial charge in [0.2, 0.25) is 5.95 Å². The first-order valence-corrected chi connectivity index (χ1v) is 33.7. The fraction of sp³-hybridized carbons (Fsp3) is 0.482. The fourth-order valence-electron chi connectivity index (χ4n) is 11.0. The molecule has 6 aliphatic rings. The first kappa shape index (κ1) is 65.7. The van der Waals surface area contributed by atoms with Gasteiger partial charge in [-0.15, -0.1) is 0 Å². The molecule has 0 amide bonds. The molecular weight excluding hydrogens is 1270 g/mol. The monoisotopic (exact) mass is 1330 g/mol. The van der Waals surface area contributed by atoms with E-state index in [2.05, 4.69) is 34.9 Å². The van der Waals surface area contributed by atoms with E-state index in [1.54, 1.807) is 17.0 Å². The molecule has 0 spiro atoms. The molecule has 0 unspecified atom stereocenters. The highest BCUT2D eigenvalue weighted by Gasteiger charge is 2.57. The molecular formula is C56H62F9N13O9S3. The van der Waals surface area contributed by atoms with E-state index in [1.165, 1.54) is 24.3 Å². The average molecular weight is 1330 g/mol. The van der Waals surface area contributed by atoms with Gasteiger partial charge in [0.15, 0.2) is 35.3 Å². The third-order valence-electron chi connectivity index (χ3n) is 16.5. The van der Waals surface area contributed by atoms with Gasteiger partial charge in [0.05, 0.1) is 83.9 Å². The Labute approximate surface area is 511 Å². The summed E-state index contributed by atoms with van der Waals surface area (Å²) >= 11 is 0. The topological polar surface area (TPSA) is 308 Å². The second kappa shape index (κ2) is 24.1.